The molecule has 2 N–H and O–H groups in total. The summed E-state index contributed by atoms with van der Waals surface area (Å²) in [5.41, 5.74) is 5.35. The third-order valence-corrected chi connectivity index (χ3v) is 2.93. The zero-order valence-electron chi connectivity index (χ0n) is 11.7. The van der Waals surface area contributed by atoms with Gasteiger partial charge in [0.2, 0.25) is 0 Å². The molecule has 1 heterocycles. The Balaban J connectivity index is 2.66. The average molecular weight is 295 g/mol. The molecule has 0 aliphatic rings. The van der Waals surface area contributed by atoms with Gasteiger partial charge in [-0.2, -0.15) is 0 Å². The van der Waals surface area contributed by atoms with Crippen molar-refractivity contribution in [2.75, 3.05) is 12.3 Å². The van der Waals surface area contributed by atoms with Crippen LogP contribution in [0.3, 0.4) is 0 Å². The molecule has 0 aliphatic heterocycles. The van der Waals surface area contributed by atoms with E-state index in [1.165, 1.54) is 6.07 Å². The lowest BCUT2D eigenvalue weighted by Gasteiger charge is -2.10. The van der Waals surface area contributed by atoms with Gasteiger partial charge in [0, 0.05) is 6.42 Å². The van der Waals surface area contributed by atoms with Gasteiger partial charge in [0.05, 0.1) is 6.61 Å². The number of hydrogen-bond acceptors (Lipinski definition) is 4. The van der Waals surface area contributed by atoms with E-state index in [0.29, 0.717) is 6.42 Å². The van der Waals surface area contributed by atoms with Crippen LogP contribution in [0.2, 0.25) is 0 Å². The molecule has 0 radical (unpaired) electrons. The van der Waals surface area contributed by atoms with Gasteiger partial charge in [-0.05, 0) is 19.1 Å². The van der Waals surface area contributed by atoms with E-state index in [-0.39, 0.29) is 29.6 Å². The second kappa shape index (κ2) is 5.90. The highest BCUT2D eigenvalue weighted by atomic mass is 19.1. The predicted molar refractivity (Wildman–Crippen MR) is 73.2 cm³/mol. The van der Waals surface area contributed by atoms with Crippen molar-refractivity contribution in [2.24, 2.45) is 0 Å². The summed E-state index contributed by atoms with van der Waals surface area (Å²) in [5, 5.41) is 0. The smallest absolute Gasteiger partial charge is 0.360 e. The summed E-state index contributed by atoms with van der Waals surface area (Å²) >= 11 is 0. The van der Waals surface area contributed by atoms with Crippen LogP contribution in [0, 0.1) is 11.6 Å². The number of esters is 1. The first-order valence-corrected chi connectivity index (χ1v) is 6.49. The normalized spacial score (nSPS) is 10.7. The van der Waals surface area contributed by atoms with Gasteiger partial charge < -0.3 is 10.5 Å². The van der Waals surface area contributed by atoms with Crippen LogP contribution in [-0.2, 0) is 11.2 Å². The summed E-state index contributed by atoms with van der Waals surface area (Å²) in [4.78, 5) is 15.8. The number of nitrogens with zero attached hydrogens (tertiary/aromatic N) is 2. The number of rotatable bonds is 4. The number of hydrogen-bond donors (Lipinski definition) is 1. The lowest BCUT2D eigenvalue weighted by atomic mass is 10.2. The molecular formula is C14H15F2N3O2. The topological polar surface area (TPSA) is 70.1 Å². The van der Waals surface area contributed by atoms with E-state index < -0.39 is 17.6 Å². The fourth-order valence-corrected chi connectivity index (χ4v) is 2.02. The summed E-state index contributed by atoms with van der Waals surface area (Å²) < 4.78 is 33.8. The number of aromatic nitrogens is 2. The van der Waals surface area contributed by atoms with Crippen LogP contribution in [0.15, 0.2) is 18.2 Å². The minimum absolute atomic E-state index is 0.142. The van der Waals surface area contributed by atoms with E-state index in [9.17, 15) is 13.6 Å². The Hall–Kier alpha value is -2.44. The molecule has 2 aromatic rings. The van der Waals surface area contributed by atoms with Crippen molar-refractivity contribution in [1.29, 1.82) is 0 Å². The van der Waals surface area contributed by atoms with E-state index >= 15 is 0 Å². The Kier molecular flexibility index (Phi) is 4.21. The molecule has 0 bridgehead atoms. The van der Waals surface area contributed by atoms with Crippen molar-refractivity contribution in [1.82, 2.24) is 9.55 Å². The van der Waals surface area contributed by atoms with E-state index in [4.69, 9.17) is 10.5 Å². The molecule has 0 unspecified atom stereocenters. The van der Waals surface area contributed by atoms with Crippen molar-refractivity contribution in [3.8, 4) is 5.69 Å². The van der Waals surface area contributed by atoms with Crippen LogP contribution in [0.5, 0.6) is 0 Å². The molecule has 1 aromatic heterocycles. The summed E-state index contributed by atoms with van der Waals surface area (Å²) in [6.45, 7) is 3.54. The second-order valence-electron chi connectivity index (χ2n) is 4.24. The monoisotopic (exact) mass is 295 g/mol. The Morgan fingerprint density at radius 1 is 1.33 bits per heavy atom. The third-order valence-electron chi connectivity index (χ3n) is 2.93. The summed E-state index contributed by atoms with van der Waals surface area (Å²) in [6, 6.07) is 3.47. The zero-order chi connectivity index (χ0) is 15.6. The molecule has 0 amide bonds. The molecule has 0 atom stereocenters. The average Bonchev–Trinajstić information content (AvgIpc) is 2.76. The molecule has 0 fully saturated rings. The third kappa shape index (κ3) is 2.58. The molecule has 0 aliphatic carbocycles. The van der Waals surface area contributed by atoms with Gasteiger partial charge in [-0.1, -0.05) is 13.0 Å². The highest BCUT2D eigenvalue weighted by molar-refractivity contribution is 5.92. The van der Waals surface area contributed by atoms with Crippen molar-refractivity contribution < 1.29 is 18.3 Å². The van der Waals surface area contributed by atoms with Crippen LogP contribution in [0.4, 0.5) is 14.6 Å². The number of nitrogens with two attached hydrogens (primary N) is 1. The number of ether oxygens (including phenoxy) is 1. The minimum atomic E-state index is -0.788. The molecule has 0 spiro atoms. The number of carbonyl (C=O) groups is 1. The maximum absolute atomic E-state index is 13.9. The van der Waals surface area contributed by atoms with E-state index in [1.54, 1.807) is 13.8 Å². The van der Waals surface area contributed by atoms with Crippen molar-refractivity contribution >= 4 is 11.8 Å². The van der Waals surface area contributed by atoms with Gasteiger partial charge in [-0.3, -0.25) is 4.57 Å². The molecular weight excluding hydrogens is 280 g/mol. The highest BCUT2D eigenvalue weighted by Gasteiger charge is 2.24. The number of halogens is 2. The van der Waals surface area contributed by atoms with Gasteiger partial charge in [-0.15, -0.1) is 0 Å². The Morgan fingerprint density at radius 3 is 2.48 bits per heavy atom. The van der Waals surface area contributed by atoms with Gasteiger partial charge in [-0.25, -0.2) is 18.6 Å². The number of aryl methyl sites for hydroxylation is 1. The SMILES string of the molecule is CCOC(=O)c1nc(CC)n(-c2c(F)cccc2F)c1N. The van der Waals surface area contributed by atoms with Crippen molar-refractivity contribution in [2.45, 2.75) is 20.3 Å². The van der Waals surface area contributed by atoms with Crippen LogP contribution < -0.4 is 5.73 Å². The van der Waals surface area contributed by atoms with Gasteiger partial charge in [0.1, 0.15) is 29.0 Å². The van der Waals surface area contributed by atoms with Crippen molar-refractivity contribution in [3.63, 3.8) is 0 Å². The van der Waals surface area contributed by atoms with Gasteiger partial charge in [0.15, 0.2) is 5.69 Å². The number of benzene rings is 1. The second-order valence-corrected chi connectivity index (χ2v) is 4.24. The van der Waals surface area contributed by atoms with Crippen LogP contribution in [0.25, 0.3) is 5.69 Å². The van der Waals surface area contributed by atoms with Gasteiger partial charge >= 0.3 is 5.97 Å². The van der Waals surface area contributed by atoms with Gasteiger partial charge in [0.25, 0.3) is 0 Å². The molecule has 112 valence electrons. The van der Waals surface area contributed by atoms with E-state index in [0.717, 1.165) is 16.7 Å². The first-order valence-electron chi connectivity index (χ1n) is 6.49. The van der Waals surface area contributed by atoms with Crippen molar-refractivity contribution in [3.05, 3.63) is 41.4 Å². The Bertz CT molecular complexity index is 663. The minimum Gasteiger partial charge on any atom is -0.461 e. The maximum Gasteiger partial charge on any atom is 0.360 e. The van der Waals surface area contributed by atoms with Crippen LogP contribution in [0.1, 0.15) is 30.2 Å². The molecule has 21 heavy (non-hydrogen) atoms. The molecule has 7 heteroatoms. The lowest BCUT2D eigenvalue weighted by molar-refractivity contribution is 0.0521. The Labute approximate surface area is 120 Å². The first-order chi connectivity index (χ1) is 10.0. The first kappa shape index (κ1) is 15.0. The number of para-hydroxylation sites is 1. The largest absolute Gasteiger partial charge is 0.461 e. The number of anilines is 1. The fourth-order valence-electron chi connectivity index (χ4n) is 2.02. The van der Waals surface area contributed by atoms with E-state index in [1.807, 2.05) is 0 Å². The van der Waals surface area contributed by atoms with Crippen LogP contribution in [-0.4, -0.2) is 22.1 Å². The summed E-state index contributed by atoms with van der Waals surface area (Å²) in [7, 11) is 0. The number of nitrogen functional groups attached to an aromatic ring is 1. The zero-order valence-corrected chi connectivity index (χ0v) is 11.7. The summed E-state index contributed by atoms with van der Waals surface area (Å²) in [6.07, 6.45) is 0.345. The predicted octanol–water partition coefficient (Wildman–Crippen LogP) is 2.47. The number of carbonyl (C=O) groups excluding carboxylic acids is 1. The quantitative estimate of drug-likeness (QED) is 0.880. The lowest BCUT2D eigenvalue weighted by Crippen LogP contribution is -2.11. The maximum atomic E-state index is 13.9. The van der Waals surface area contributed by atoms with Crippen LogP contribution >= 0.6 is 0 Å². The molecule has 2 rings (SSSR count). The molecule has 0 saturated heterocycles. The Morgan fingerprint density at radius 2 is 1.95 bits per heavy atom. The van der Waals surface area contributed by atoms with E-state index in [2.05, 4.69) is 4.98 Å². The number of imidazole rings is 1. The highest BCUT2D eigenvalue weighted by Crippen LogP contribution is 2.26. The standard InChI is InChI=1S/C14H15F2N3O2/c1-3-10-18-11(14(20)21-4-2)13(17)19(10)12-8(15)6-5-7-9(12)16/h5-7H,3-4,17H2,1-2H3. The fraction of sp³-hybridized carbons (Fsp3) is 0.286. The molecule has 5 nitrogen and oxygen atoms in total. The summed E-state index contributed by atoms with van der Waals surface area (Å²) in [5.74, 6) is -2.16. The molecule has 0 saturated carbocycles. The molecule has 1 aromatic carbocycles.